The number of carbonyl (C=O) groups excluding carboxylic acids is 1. The van der Waals surface area contributed by atoms with E-state index in [9.17, 15) is 4.79 Å². The number of rotatable bonds is 4. The van der Waals surface area contributed by atoms with Gasteiger partial charge < -0.3 is 9.80 Å². The molecule has 1 N–H and O–H groups in total. The van der Waals surface area contributed by atoms with Crippen LogP contribution in [0.1, 0.15) is 37.7 Å². The molecule has 3 unspecified atom stereocenters. The van der Waals surface area contributed by atoms with Crippen molar-refractivity contribution in [2.75, 3.05) is 20.1 Å². The van der Waals surface area contributed by atoms with Crippen molar-refractivity contribution in [1.82, 2.24) is 15.1 Å². The van der Waals surface area contributed by atoms with Crippen molar-refractivity contribution < 1.29 is 4.79 Å². The van der Waals surface area contributed by atoms with Crippen LogP contribution in [0.15, 0.2) is 17.5 Å². The molecule has 3 rings (SSSR count). The smallest absolute Gasteiger partial charge is 0.241 e. The number of hydrogen-bond donors (Lipinski definition) is 1. The summed E-state index contributed by atoms with van der Waals surface area (Å²) in [5.74, 6) is 0.823. The van der Waals surface area contributed by atoms with Crippen LogP contribution < -0.4 is 5.32 Å². The molecular formula is C16H25N3OS. The Hall–Kier alpha value is -0.910. The molecular weight excluding hydrogens is 282 g/mol. The molecule has 1 aromatic heterocycles. The maximum absolute atomic E-state index is 12.9. The van der Waals surface area contributed by atoms with Crippen LogP contribution in [0, 0.1) is 5.92 Å². The van der Waals surface area contributed by atoms with Crippen molar-refractivity contribution in [2.45, 2.75) is 44.9 Å². The summed E-state index contributed by atoms with van der Waals surface area (Å²) in [7, 11) is 2.14. The molecule has 2 fully saturated rings. The largest absolute Gasteiger partial charge is 0.316 e. The first kappa shape index (κ1) is 15.0. The molecule has 3 atom stereocenters. The van der Waals surface area contributed by atoms with Crippen molar-refractivity contribution in [3.63, 3.8) is 0 Å². The molecule has 0 bridgehead atoms. The third-order valence-electron chi connectivity index (χ3n) is 4.47. The van der Waals surface area contributed by atoms with Crippen LogP contribution in [0.5, 0.6) is 0 Å². The van der Waals surface area contributed by atoms with Gasteiger partial charge in [0.05, 0.1) is 6.04 Å². The average molecular weight is 307 g/mol. The van der Waals surface area contributed by atoms with Gasteiger partial charge in [0, 0.05) is 17.5 Å². The van der Waals surface area contributed by atoms with Gasteiger partial charge in [0.15, 0.2) is 0 Å². The van der Waals surface area contributed by atoms with Gasteiger partial charge in [-0.15, -0.1) is 11.3 Å². The Balaban J connectivity index is 1.83. The first-order chi connectivity index (χ1) is 10.1. The van der Waals surface area contributed by atoms with Crippen LogP contribution >= 0.6 is 11.3 Å². The van der Waals surface area contributed by atoms with Gasteiger partial charge in [0.1, 0.15) is 6.17 Å². The topological polar surface area (TPSA) is 35.6 Å². The monoisotopic (exact) mass is 307 g/mol. The van der Waals surface area contributed by atoms with Crippen molar-refractivity contribution in [3.05, 3.63) is 22.4 Å². The van der Waals surface area contributed by atoms with E-state index in [1.807, 2.05) is 0 Å². The van der Waals surface area contributed by atoms with Crippen molar-refractivity contribution in [1.29, 1.82) is 0 Å². The lowest BCUT2D eigenvalue weighted by Gasteiger charge is -2.29. The molecule has 0 spiro atoms. The van der Waals surface area contributed by atoms with Crippen molar-refractivity contribution in [2.24, 2.45) is 5.92 Å². The molecule has 1 amide bonds. The summed E-state index contributed by atoms with van der Waals surface area (Å²) >= 11 is 1.74. The minimum absolute atomic E-state index is 0.0250. The molecule has 21 heavy (non-hydrogen) atoms. The Morgan fingerprint density at radius 1 is 1.48 bits per heavy atom. The molecule has 3 heterocycles. The zero-order chi connectivity index (χ0) is 15.0. The van der Waals surface area contributed by atoms with E-state index in [1.54, 1.807) is 11.3 Å². The number of carbonyl (C=O) groups is 1. The standard InChI is InChI=1S/C16H25N3OS/c1-11(2)9-13-16(20)19(12-6-7-18(3)10-12)15(17-13)14-5-4-8-21-14/h4-5,8,11-13,15,17H,6-7,9-10H2,1-3H3. The van der Waals surface area contributed by atoms with Gasteiger partial charge in [-0.3, -0.25) is 10.1 Å². The van der Waals surface area contributed by atoms with Gasteiger partial charge in [-0.25, -0.2) is 0 Å². The highest BCUT2D eigenvalue weighted by Crippen LogP contribution is 2.34. The van der Waals surface area contributed by atoms with Gasteiger partial charge in [-0.2, -0.15) is 0 Å². The third-order valence-corrected chi connectivity index (χ3v) is 5.39. The van der Waals surface area contributed by atoms with Gasteiger partial charge >= 0.3 is 0 Å². The Labute approximate surface area is 131 Å². The molecule has 2 saturated heterocycles. The van der Waals surface area contributed by atoms with E-state index in [1.165, 1.54) is 4.88 Å². The summed E-state index contributed by atoms with van der Waals surface area (Å²) in [5.41, 5.74) is 0. The van der Waals surface area contributed by atoms with Crippen LogP contribution in [0.2, 0.25) is 0 Å². The molecule has 116 valence electrons. The van der Waals surface area contributed by atoms with Crippen LogP contribution in [-0.4, -0.2) is 47.9 Å². The van der Waals surface area contributed by atoms with Gasteiger partial charge in [-0.05, 0) is 43.8 Å². The number of likely N-dealkylation sites (tertiary alicyclic amines) is 1. The Bertz CT molecular complexity index is 488. The second-order valence-electron chi connectivity index (χ2n) is 6.72. The van der Waals surface area contributed by atoms with E-state index >= 15 is 0 Å². The number of thiophene rings is 1. The second kappa shape index (κ2) is 6.07. The van der Waals surface area contributed by atoms with Gasteiger partial charge in [0.25, 0.3) is 0 Å². The number of amides is 1. The van der Waals surface area contributed by atoms with Crippen molar-refractivity contribution in [3.8, 4) is 0 Å². The molecule has 0 aliphatic carbocycles. The van der Waals surface area contributed by atoms with Gasteiger partial charge in [0.2, 0.25) is 5.91 Å². The van der Waals surface area contributed by atoms with E-state index < -0.39 is 0 Å². The minimum Gasteiger partial charge on any atom is -0.316 e. The summed E-state index contributed by atoms with van der Waals surface area (Å²) in [6.45, 7) is 6.44. The van der Waals surface area contributed by atoms with E-state index in [-0.39, 0.29) is 12.2 Å². The van der Waals surface area contributed by atoms with Crippen LogP contribution in [-0.2, 0) is 4.79 Å². The lowest BCUT2D eigenvalue weighted by atomic mass is 10.0. The third kappa shape index (κ3) is 3.00. The predicted molar refractivity (Wildman–Crippen MR) is 86.2 cm³/mol. The number of hydrogen-bond acceptors (Lipinski definition) is 4. The summed E-state index contributed by atoms with van der Waals surface area (Å²) in [4.78, 5) is 18.6. The van der Waals surface area contributed by atoms with E-state index in [2.05, 4.69) is 53.5 Å². The quantitative estimate of drug-likeness (QED) is 0.927. The number of nitrogens with one attached hydrogen (secondary N) is 1. The zero-order valence-corrected chi connectivity index (χ0v) is 13.9. The zero-order valence-electron chi connectivity index (χ0n) is 13.1. The molecule has 4 nitrogen and oxygen atoms in total. The molecule has 0 aromatic carbocycles. The fraction of sp³-hybridized carbons (Fsp3) is 0.688. The van der Waals surface area contributed by atoms with Crippen LogP contribution in [0.4, 0.5) is 0 Å². The molecule has 2 aliphatic heterocycles. The lowest BCUT2D eigenvalue weighted by Crippen LogP contribution is -2.41. The summed E-state index contributed by atoms with van der Waals surface area (Å²) in [5, 5.41) is 5.68. The second-order valence-corrected chi connectivity index (χ2v) is 7.70. The average Bonchev–Trinajstić information content (AvgIpc) is 3.11. The molecule has 1 aromatic rings. The highest BCUT2D eigenvalue weighted by Gasteiger charge is 2.44. The highest BCUT2D eigenvalue weighted by molar-refractivity contribution is 7.10. The predicted octanol–water partition coefficient (Wildman–Crippen LogP) is 2.30. The van der Waals surface area contributed by atoms with Gasteiger partial charge in [-0.1, -0.05) is 19.9 Å². The first-order valence-corrected chi connectivity index (χ1v) is 8.74. The fourth-order valence-electron chi connectivity index (χ4n) is 3.49. The Kier molecular flexibility index (Phi) is 4.33. The summed E-state index contributed by atoms with van der Waals surface area (Å²) < 4.78 is 0. The number of nitrogens with zero attached hydrogens (tertiary/aromatic N) is 2. The SMILES string of the molecule is CC(C)CC1NC(c2cccs2)N(C2CCN(C)C2)C1=O. The maximum Gasteiger partial charge on any atom is 0.241 e. The molecule has 0 saturated carbocycles. The van der Waals surface area contributed by atoms with E-state index in [4.69, 9.17) is 0 Å². The normalized spacial score (nSPS) is 30.8. The maximum atomic E-state index is 12.9. The lowest BCUT2D eigenvalue weighted by molar-refractivity contribution is -0.132. The van der Waals surface area contributed by atoms with Crippen molar-refractivity contribution >= 4 is 17.2 Å². The Morgan fingerprint density at radius 3 is 2.86 bits per heavy atom. The molecule has 2 aliphatic rings. The molecule has 0 radical (unpaired) electrons. The van der Waals surface area contributed by atoms with Crippen LogP contribution in [0.3, 0.4) is 0 Å². The van der Waals surface area contributed by atoms with Crippen LogP contribution in [0.25, 0.3) is 0 Å². The first-order valence-electron chi connectivity index (χ1n) is 7.86. The fourth-order valence-corrected chi connectivity index (χ4v) is 4.27. The van der Waals surface area contributed by atoms with E-state index in [0.29, 0.717) is 17.9 Å². The summed E-state index contributed by atoms with van der Waals surface area (Å²) in [6.07, 6.45) is 2.07. The number of likely N-dealkylation sites (N-methyl/N-ethyl adjacent to an activating group) is 1. The minimum atomic E-state index is -0.0250. The highest BCUT2D eigenvalue weighted by atomic mass is 32.1. The Morgan fingerprint density at radius 2 is 2.29 bits per heavy atom. The molecule has 5 heteroatoms. The summed E-state index contributed by atoms with van der Waals surface area (Å²) in [6, 6.07) is 4.53. The van der Waals surface area contributed by atoms with E-state index in [0.717, 1.165) is 25.9 Å².